The summed E-state index contributed by atoms with van der Waals surface area (Å²) in [6, 6.07) is -2.67. The van der Waals surface area contributed by atoms with Gasteiger partial charge in [0.25, 0.3) is 11.8 Å². The molecule has 0 bridgehead atoms. The largest absolute Gasteiger partial charge is 0.522 e. The van der Waals surface area contributed by atoms with E-state index in [9.17, 15) is 41.1 Å². The monoisotopic (exact) mass is 525 g/mol. The molecule has 6 atom stereocenters. The highest BCUT2D eigenvalue weighted by Gasteiger charge is 2.56. The van der Waals surface area contributed by atoms with Crippen LogP contribution in [0.25, 0.3) is 0 Å². The number of likely N-dealkylation sites (tertiary alicyclic amines) is 1. The van der Waals surface area contributed by atoms with Crippen LogP contribution in [0.1, 0.15) is 38.5 Å². The smallest absolute Gasteiger partial charge is 0.362 e. The molecule has 0 radical (unpaired) electrons. The first-order chi connectivity index (χ1) is 16.9. The molecule has 4 fully saturated rings. The summed E-state index contributed by atoms with van der Waals surface area (Å²) in [7, 11) is 0. The first kappa shape index (κ1) is 26.7. The topological polar surface area (TPSA) is 114 Å². The summed E-state index contributed by atoms with van der Waals surface area (Å²) in [5, 5.41) is 4.97. The van der Waals surface area contributed by atoms with Crippen molar-refractivity contribution in [1.29, 1.82) is 0 Å². The molecule has 4 rings (SSSR count). The molecule has 0 aromatic rings. The van der Waals surface area contributed by atoms with Gasteiger partial charge in [-0.05, 0) is 37.5 Å². The van der Waals surface area contributed by atoms with Crippen LogP contribution in [0.4, 0.5) is 22.0 Å². The summed E-state index contributed by atoms with van der Waals surface area (Å²) in [6.07, 6.45) is -5.65. The number of Topliss-reactive ketones (excluding diaryl/α,β-unsaturated/α-hetero) is 1. The van der Waals surface area contributed by atoms with Crippen molar-refractivity contribution in [3.05, 3.63) is 0 Å². The van der Waals surface area contributed by atoms with E-state index in [0.717, 1.165) is 11.3 Å². The Morgan fingerprint density at radius 1 is 1.22 bits per heavy atom. The van der Waals surface area contributed by atoms with Crippen molar-refractivity contribution in [2.45, 2.75) is 69.0 Å². The molecular formula is C22H28F5N3O6. The number of fused-ring (bicyclic) bond motifs is 1. The van der Waals surface area contributed by atoms with Gasteiger partial charge in [0.2, 0.25) is 11.8 Å². The van der Waals surface area contributed by atoms with Crippen molar-refractivity contribution in [2.75, 3.05) is 26.3 Å². The molecule has 1 aliphatic carbocycles. The highest BCUT2D eigenvalue weighted by Crippen LogP contribution is 2.44. The van der Waals surface area contributed by atoms with E-state index in [2.05, 4.69) is 15.4 Å². The van der Waals surface area contributed by atoms with Crippen LogP contribution >= 0.6 is 0 Å². The van der Waals surface area contributed by atoms with Crippen LogP contribution in [0.3, 0.4) is 0 Å². The fraction of sp³-hybridized carbons (Fsp3) is 0.818. The number of rotatable bonds is 8. The van der Waals surface area contributed by atoms with Crippen molar-refractivity contribution in [3.63, 3.8) is 0 Å². The van der Waals surface area contributed by atoms with Gasteiger partial charge in [0.05, 0.1) is 12.6 Å². The molecule has 0 aromatic heterocycles. The number of amides is 3. The van der Waals surface area contributed by atoms with Gasteiger partial charge in [0, 0.05) is 25.4 Å². The van der Waals surface area contributed by atoms with E-state index in [1.54, 1.807) is 0 Å². The summed E-state index contributed by atoms with van der Waals surface area (Å²) >= 11 is 0. The lowest BCUT2D eigenvalue weighted by atomic mass is 9.92. The normalized spacial score (nSPS) is 32.3. The maximum absolute atomic E-state index is 14.2. The Labute approximate surface area is 203 Å². The Morgan fingerprint density at radius 3 is 2.58 bits per heavy atom. The second-order valence-electron chi connectivity index (χ2n) is 9.83. The average Bonchev–Trinajstić information content (AvgIpc) is 3.55. The molecule has 0 spiro atoms. The van der Waals surface area contributed by atoms with Gasteiger partial charge in [0.15, 0.2) is 11.9 Å². The quantitative estimate of drug-likeness (QED) is 0.460. The molecule has 14 heteroatoms. The molecule has 3 heterocycles. The van der Waals surface area contributed by atoms with Crippen molar-refractivity contribution in [2.24, 2.45) is 17.8 Å². The van der Waals surface area contributed by atoms with Crippen LogP contribution in [-0.4, -0.2) is 85.2 Å². The number of hydrogen-bond donors (Lipinski definition) is 2. The Kier molecular flexibility index (Phi) is 7.56. The van der Waals surface area contributed by atoms with E-state index in [4.69, 9.17) is 4.74 Å². The van der Waals surface area contributed by atoms with Gasteiger partial charge in [-0.1, -0.05) is 6.42 Å². The molecule has 9 nitrogen and oxygen atoms in total. The van der Waals surface area contributed by atoms with Crippen LogP contribution < -0.4 is 10.6 Å². The van der Waals surface area contributed by atoms with E-state index >= 15 is 0 Å². The minimum absolute atomic E-state index is 0.0678. The number of nitrogens with one attached hydrogen (secondary N) is 2. The zero-order valence-electron chi connectivity index (χ0n) is 19.3. The van der Waals surface area contributed by atoms with Crippen LogP contribution in [0, 0.1) is 17.8 Å². The lowest BCUT2D eigenvalue weighted by molar-refractivity contribution is -0.321. The van der Waals surface area contributed by atoms with Gasteiger partial charge in [-0.15, -0.1) is 13.2 Å². The number of hydrogen-bond acceptors (Lipinski definition) is 6. The molecule has 36 heavy (non-hydrogen) atoms. The molecule has 3 saturated heterocycles. The second-order valence-corrected chi connectivity index (χ2v) is 9.83. The summed E-state index contributed by atoms with van der Waals surface area (Å²) in [5.41, 5.74) is 0. The van der Waals surface area contributed by atoms with Gasteiger partial charge in [0.1, 0.15) is 12.6 Å². The minimum Gasteiger partial charge on any atom is -0.362 e. The second kappa shape index (κ2) is 10.2. The summed E-state index contributed by atoms with van der Waals surface area (Å²) in [6.45, 7) is -1.29. The average molecular weight is 525 g/mol. The van der Waals surface area contributed by atoms with Gasteiger partial charge in [-0.2, -0.15) is 0 Å². The molecule has 202 valence electrons. The maximum atomic E-state index is 14.2. The third-order valence-electron chi connectivity index (χ3n) is 7.54. The molecule has 3 aliphatic heterocycles. The van der Waals surface area contributed by atoms with Gasteiger partial charge in [-0.3, -0.25) is 23.9 Å². The number of alkyl halides is 5. The van der Waals surface area contributed by atoms with Crippen molar-refractivity contribution in [1.82, 2.24) is 15.5 Å². The number of ether oxygens (including phenoxy) is 2. The standard InChI is InChI=1S/C22H28F5N3O6/c23-21(24)5-7-35-17(21)20(34)30-9-12-2-1-3-13(12)16(30)19(33)29-14(8-11-4-6-28-18(11)32)15(31)10-36-22(25,26)27/h11-14,16-17H,1-10H2,(H,28,32)(H,29,33)/t11-,12-,13-,14-,16-,17?/m0/s1. The molecular weight excluding hydrogens is 497 g/mol. The highest BCUT2D eigenvalue weighted by molar-refractivity contribution is 5.95. The Bertz CT molecular complexity index is 900. The van der Waals surface area contributed by atoms with Gasteiger partial charge < -0.3 is 20.3 Å². The van der Waals surface area contributed by atoms with Gasteiger partial charge in [-0.25, -0.2) is 8.78 Å². The number of carbonyl (C=O) groups is 4. The molecule has 1 saturated carbocycles. The van der Waals surface area contributed by atoms with Gasteiger partial charge >= 0.3 is 6.36 Å². The predicted molar refractivity (Wildman–Crippen MR) is 110 cm³/mol. The van der Waals surface area contributed by atoms with Crippen molar-refractivity contribution in [3.8, 4) is 0 Å². The van der Waals surface area contributed by atoms with Crippen LogP contribution in [0.2, 0.25) is 0 Å². The SMILES string of the molecule is O=C1NCC[C@H]1C[C@H](NC(=O)[C@@H]1[C@H]2CCC[C@H]2CN1C(=O)C1OCCC1(F)F)C(=O)COC(F)(F)F. The molecule has 4 aliphatic rings. The van der Waals surface area contributed by atoms with E-state index in [-0.39, 0.29) is 31.4 Å². The van der Waals surface area contributed by atoms with Crippen molar-refractivity contribution < 1.29 is 50.6 Å². The number of ketones is 1. The zero-order valence-corrected chi connectivity index (χ0v) is 19.3. The Hall–Kier alpha value is -2.35. The van der Waals surface area contributed by atoms with Crippen LogP contribution in [0.5, 0.6) is 0 Å². The number of halogens is 5. The van der Waals surface area contributed by atoms with Crippen LogP contribution in [0.15, 0.2) is 0 Å². The molecule has 3 amide bonds. The maximum Gasteiger partial charge on any atom is 0.522 e. The Balaban J connectivity index is 1.52. The van der Waals surface area contributed by atoms with Crippen molar-refractivity contribution >= 4 is 23.5 Å². The zero-order chi connectivity index (χ0) is 26.3. The molecule has 0 aromatic carbocycles. The lowest BCUT2D eigenvalue weighted by Crippen LogP contribution is -2.56. The minimum atomic E-state index is -5.08. The molecule has 2 N–H and O–H groups in total. The third kappa shape index (κ3) is 5.63. The summed E-state index contributed by atoms with van der Waals surface area (Å²) < 4.78 is 74.6. The number of carbonyl (C=O) groups excluding carboxylic acids is 4. The summed E-state index contributed by atoms with van der Waals surface area (Å²) in [5.74, 6) is -7.90. The lowest BCUT2D eigenvalue weighted by Gasteiger charge is -2.31. The van der Waals surface area contributed by atoms with E-state index in [1.807, 2.05) is 0 Å². The number of nitrogens with zero attached hydrogens (tertiary/aromatic N) is 1. The summed E-state index contributed by atoms with van der Waals surface area (Å²) in [4.78, 5) is 52.1. The highest BCUT2D eigenvalue weighted by atomic mass is 19.4. The van der Waals surface area contributed by atoms with E-state index < -0.39 is 72.9 Å². The first-order valence-electron chi connectivity index (χ1n) is 12.0. The fourth-order valence-electron chi connectivity index (χ4n) is 5.77. The predicted octanol–water partition coefficient (Wildman–Crippen LogP) is 1.15. The van der Waals surface area contributed by atoms with E-state index in [0.29, 0.717) is 25.8 Å². The molecule has 1 unspecified atom stereocenters. The van der Waals surface area contributed by atoms with Crippen LogP contribution in [-0.2, 0) is 28.7 Å². The fourth-order valence-corrected chi connectivity index (χ4v) is 5.77. The first-order valence-corrected chi connectivity index (χ1v) is 12.0. The Morgan fingerprint density at radius 2 is 1.97 bits per heavy atom. The third-order valence-corrected chi connectivity index (χ3v) is 7.54. The van der Waals surface area contributed by atoms with E-state index in [1.165, 1.54) is 0 Å².